The lowest BCUT2D eigenvalue weighted by atomic mass is 10.2. The van der Waals surface area contributed by atoms with E-state index in [9.17, 15) is 4.79 Å². The molecule has 2 rings (SSSR count). The first-order valence-electron chi connectivity index (χ1n) is 7.99. The van der Waals surface area contributed by atoms with Crippen molar-refractivity contribution in [2.45, 2.75) is 19.0 Å². The summed E-state index contributed by atoms with van der Waals surface area (Å²) in [6.07, 6.45) is 0.995. The summed E-state index contributed by atoms with van der Waals surface area (Å²) in [4.78, 5) is 16.6. The van der Waals surface area contributed by atoms with Crippen molar-refractivity contribution in [2.75, 3.05) is 47.5 Å². The molecule has 1 heterocycles. The molecular weight excluding hydrogens is 294 g/mol. The van der Waals surface area contributed by atoms with E-state index in [1.54, 1.807) is 19.1 Å². The van der Waals surface area contributed by atoms with Crippen LogP contribution in [0.15, 0.2) is 24.3 Å². The number of nitrogens with zero attached hydrogens (tertiary/aromatic N) is 2. The number of ether oxygens (including phenoxy) is 2. The second-order valence-electron chi connectivity index (χ2n) is 5.92. The Labute approximate surface area is 138 Å². The molecule has 0 saturated carbocycles. The lowest BCUT2D eigenvalue weighted by Gasteiger charge is -2.25. The largest absolute Gasteiger partial charge is 0.496 e. The summed E-state index contributed by atoms with van der Waals surface area (Å²) in [7, 11) is 5.36. The van der Waals surface area contributed by atoms with Crippen LogP contribution in [0.2, 0.25) is 0 Å². The number of carbonyl (C=O) groups excluding carboxylic acids is 1. The third kappa shape index (κ3) is 5.11. The average Bonchev–Trinajstić information content (AvgIpc) is 2.96. The molecule has 6 nitrogen and oxygen atoms in total. The van der Waals surface area contributed by atoms with Crippen molar-refractivity contribution in [1.29, 1.82) is 0 Å². The summed E-state index contributed by atoms with van der Waals surface area (Å²) in [6, 6.07) is 7.94. The van der Waals surface area contributed by atoms with Crippen LogP contribution in [-0.2, 0) is 11.3 Å². The summed E-state index contributed by atoms with van der Waals surface area (Å²) >= 11 is 0. The Kier molecular flexibility index (Phi) is 6.67. The minimum atomic E-state index is -0.0479. The van der Waals surface area contributed by atoms with Crippen LogP contribution in [-0.4, -0.2) is 69.4 Å². The van der Waals surface area contributed by atoms with Gasteiger partial charge in [-0.1, -0.05) is 18.2 Å². The molecule has 1 aliphatic rings. The van der Waals surface area contributed by atoms with Crippen molar-refractivity contribution in [2.24, 2.45) is 0 Å². The van der Waals surface area contributed by atoms with E-state index in [-0.39, 0.29) is 12.1 Å². The van der Waals surface area contributed by atoms with Gasteiger partial charge in [-0.25, -0.2) is 4.79 Å². The van der Waals surface area contributed by atoms with Crippen LogP contribution in [0.4, 0.5) is 4.79 Å². The van der Waals surface area contributed by atoms with Crippen molar-refractivity contribution in [1.82, 2.24) is 15.1 Å². The zero-order valence-corrected chi connectivity index (χ0v) is 14.2. The third-order valence-corrected chi connectivity index (χ3v) is 4.13. The zero-order chi connectivity index (χ0) is 16.7. The fourth-order valence-corrected chi connectivity index (χ4v) is 2.81. The minimum Gasteiger partial charge on any atom is -0.496 e. The molecule has 23 heavy (non-hydrogen) atoms. The van der Waals surface area contributed by atoms with Gasteiger partial charge in [-0.05, 0) is 26.1 Å². The number of methoxy groups -OCH3 is 2. The van der Waals surface area contributed by atoms with Crippen molar-refractivity contribution < 1.29 is 14.3 Å². The molecule has 6 heteroatoms. The number of hydrogen-bond donors (Lipinski definition) is 1. The molecule has 2 amide bonds. The number of likely N-dealkylation sites (N-methyl/N-ethyl adjacent to an activating group) is 1. The number of hydrogen-bond acceptors (Lipinski definition) is 4. The molecular formula is C17H27N3O3. The van der Waals surface area contributed by atoms with E-state index in [1.807, 2.05) is 24.3 Å². The van der Waals surface area contributed by atoms with E-state index in [0.29, 0.717) is 19.7 Å². The van der Waals surface area contributed by atoms with Gasteiger partial charge >= 0.3 is 6.03 Å². The molecule has 1 fully saturated rings. The highest BCUT2D eigenvalue weighted by Crippen LogP contribution is 2.19. The lowest BCUT2D eigenvalue weighted by Crippen LogP contribution is -2.46. The van der Waals surface area contributed by atoms with Crippen molar-refractivity contribution in [3.05, 3.63) is 29.8 Å². The Bertz CT molecular complexity index is 510. The van der Waals surface area contributed by atoms with E-state index in [2.05, 4.69) is 17.3 Å². The predicted molar refractivity (Wildman–Crippen MR) is 89.7 cm³/mol. The van der Waals surface area contributed by atoms with E-state index in [1.165, 1.54) is 0 Å². The Morgan fingerprint density at radius 2 is 2.17 bits per heavy atom. The SMILES string of the molecule is COCCN(Cc1ccccc1OC)C(=O)N[C@H]1CCN(C)C1. The quantitative estimate of drug-likeness (QED) is 0.828. The fraction of sp³-hybridized carbons (Fsp3) is 0.588. The Morgan fingerprint density at radius 3 is 2.83 bits per heavy atom. The standard InChI is InChI=1S/C17H27N3O3/c1-19-9-8-15(13-19)18-17(21)20(10-11-22-2)12-14-6-4-5-7-16(14)23-3/h4-7,15H,8-13H2,1-3H3,(H,18,21)/t15-/m0/s1. The summed E-state index contributed by atoms with van der Waals surface area (Å²) in [5.41, 5.74) is 0.991. The maximum absolute atomic E-state index is 12.6. The number of likely N-dealkylation sites (tertiary alicyclic amines) is 1. The summed E-state index contributed by atoms with van der Waals surface area (Å²) in [5, 5.41) is 3.12. The highest BCUT2D eigenvalue weighted by atomic mass is 16.5. The highest BCUT2D eigenvalue weighted by Gasteiger charge is 2.24. The number of para-hydroxylation sites is 1. The first-order chi connectivity index (χ1) is 11.1. The van der Waals surface area contributed by atoms with Crippen LogP contribution in [0.5, 0.6) is 5.75 Å². The Balaban J connectivity index is 2.02. The van der Waals surface area contributed by atoms with Crippen LogP contribution >= 0.6 is 0 Å². The molecule has 1 aromatic rings. The van der Waals surface area contributed by atoms with Crippen molar-refractivity contribution in [3.8, 4) is 5.75 Å². The molecule has 1 atom stereocenters. The Morgan fingerprint density at radius 1 is 1.39 bits per heavy atom. The monoisotopic (exact) mass is 321 g/mol. The molecule has 0 unspecified atom stereocenters. The number of amides is 2. The molecule has 1 saturated heterocycles. The van der Waals surface area contributed by atoms with E-state index >= 15 is 0 Å². The van der Waals surface area contributed by atoms with Gasteiger partial charge in [0.2, 0.25) is 0 Å². The number of nitrogens with one attached hydrogen (secondary N) is 1. The van der Waals surface area contributed by atoms with Gasteiger partial charge in [-0.2, -0.15) is 0 Å². The molecule has 1 aliphatic heterocycles. The second-order valence-corrected chi connectivity index (χ2v) is 5.92. The van der Waals surface area contributed by atoms with Crippen LogP contribution in [0.3, 0.4) is 0 Å². The van der Waals surface area contributed by atoms with E-state index in [4.69, 9.17) is 9.47 Å². The lowest BCUT2D eigenvalue weighted by molar-refractivity contribution is 0.144. The average molecular weight is 321 g/mol. The molecule has 0 aliphatic carbocycles. The topological polar surface area (TPSA) is 54.0 Å². The van der Waals surface area contributed by atoms with E-state index in [0.717, 1.165) is 30.8 Å². The van der Waals surface area contributed by atoms with Crippen LogP contribution in [0.1, 0.15) is 12.0 Å². The predicted octanol–water partition coefficient (Wildman–Crippen LogP) is 1.56. The summed E-state index contributed by atoms with van der Waals surface area (Å²) in [5.74, 6) is 0.795. The van der Waals surface area contributed by atoms with Crippen LogP contribution < -0.4 is 10.1 Å². The van der Waals surface area contributed by atoms with Gasteiger partial charge in [0.25, 0.3) is 0 Å². The summed E-state index contributed by atoms with van der Waals surface area (Å²) < 4.78 is 10.5. The number of urea groups is 1. The molecule has 1 aromatic carbocycles. The minimum absolute atomic E-state index is 0.0479. The number of benzene rings is 1. The summed E-state index contributed by atoms with van der Waals surface area (Å²) in [6.45, 7) is 3.48. The molecule has 128 valence electrons. The van der Waals surface area contributed by atoms with Gasteiger partial charge in [0, 0.05) is 31.8 Å². The maximum Gasteiger partial charge on any atom is 0.318 e. The fourth-order valence-electron chi connectivity index (χ4n) is 2.81. The number of carbonyl (C=O) groups is 1. The first-order valence-corrected chi connectivity index (χ1v) is 7.99. The third-order valence-electron chi connectivity index (χ3n) is 4.13. The van der Waals surface area contributed by atoms with Gasteiger partial charge < -0.3 is 24.6 Å². The van der Waals surface area contributed by atoms with Crippen LogP contribution in [0.25, 0.3) is 0 Å². The smallest absolute Gasteiger partial charge is 0.318 e. The van der Waals surface area contributed by atoms with Gasteiger partial charge in [0.15, 0.2) is 0 Å². The van der Waals surface area contributed by atoms with Gasteiger partial charge in [-0.15, -0.1) is 0 Å². The number of rotatable bonds is 7. The first kappa shape index (κ1) is 17.6. The molecule has 1 N–H and O–H groups in total. The van der Waals surface area contributed by atoms with E-state index < -0.39 is 0 Å². The van der Waals surface area contributed by atoms with Crippen LogP contribution in [0, 0.1) is 0 Å². The van der Waals surface area contributed by atoms with Crippen molar-refractivity contribution >= 4 is 6.03 Å². The molecule has 0 radical (unpaired) electrons. The normalized spacial score (nSPS) is 18.0. The highest BCUT2D eigenvalue weighted by molar-refractivity contribution is 5.74. The second kappa shape index (κ2) is 8.74. The molecule has 0 spiro atoms. The van der Waals surface area contributed by atoms with Gasteiger partial charge in [0.1, 0.15) is 5.75 Å². The molecule has 0 aromatic heterocycles. The zero-order valence-electron chi connectivity index (χ0n) is 14.2. The Hall–Kier alpha value is -1.79. The van der Waals surface area contributed by atoms with Crippen molar-refractivity contribution in [3.63, 3.8) is 0 Å². The maximum atomic E-state index is 12.6. The molecule has 0 bridgehead atoms. The van der Waals surface area contributed by atoms with Gasteiger partial charge in [-0.3, -0.25) is 0 Å². The van der Waals surface area contributed by atoms with Gasteiger partial charge in [0.05, 0.1) is 20.3 Å².